The molecular weight excluding hydrogens is 347 g/mol. The monoisotopic (exact) mass is 358 g/mol. The number of nitrogens with zero attached hydrogens (tertiary/aromatic N) is 3. The Bertz CT molecular complexity index is 525. The first-order valence-corrected chi connectivity index (χ1v) is 6.37. The van der Waals surface area contributed by atoms with Gasteiger partial charge in [-0.2, -0.15) is 5.11 Å². The highest BCUT2D eigenvalue weighted by molar-refractivity contribution is 14.1. The smallest absolute Gasteiger partial charge is 0.341 e. The van der Waals surface area contributed by atoms with E-state index in [0.29, 0.717) is 5.70 Å². The molecule has 2 N–H and O–H groups in total. The molecule has 7 heteroatoms. The van der Waals surface area contributed by atoms with Crippen molar-refractivity contribution in [1.29, 1.82) is 0 Å². The van der Waals surface area contributed by atoms with Crippen LogP contribution in [0.3, 0.4) is 0 Å². The molecule has 0 bridgehead atoms. The predicted octanol–water partition coefficient (Wildman–Crippen LogP) is 1.87. The standard InChI is InChI=1S/C11H11IN4O2/c1-2-18-10(17)8-9(15-16-11(8,12)13)7-3-5-14-6-4-7/h3-6H,2,13H2,1H3. The van der Waals surface area contributed by atoms with Crippen LogP contribution in [-0.2, 0) is 9.53 Å². The van der Waals surface area contributed by atoms with Crippen molar-refractivity contribution in [3.05, 3.63) is 35.7 Å². The summed E-state index contributed by atoms with van der Waals surface area (Å²) in [5.74, 6) is -0.494. The quantitative estimate of drug-likeness (QED) is 0.387. The number of rotatable bonds is 3. The van der Waals surface area contributed by atoms with Gasteiger partial charge in [-0.1, -0.05) is 0 Å². The number of carbonyl (C=O) groups is 1. The van der Waals surface area contributed by atoms with Crippen LogP contribution >= 0.6 is 22.6 Å². The number of pyridine rings is 1. The summed E-state index contributed by atoms with van der Waals surface area (Å²) in [5.41, 5.74) is 7.37. The minimum atomic E-state index is -1.18. The number of carbonyl (C=O) groups excluding carboxylic acids is 1. The molecule has 2 rings (SSSR count). The van der Waals surface area contributed by atoms with Crippen LogP contribution in [0, 0.1) is 0 Å². The van der Waals surface area contributed by atoms with Crippen molar-refractivity contribution in [2.45, 2.75) is 10.6 Å². The molecule has 0 aromatic carbocycles. The molecule has 0 aliphatic carbocycles. The zero-order valence-corrected chi connectivity index (χ0v) is 11.8. The molecule has 18 heavy (non-hydrogen) atoms. The highest BCUT2D eigenvalue weighted by Crippen LogP contribution is 2.38. The molecule has 1 aromatic heterocycles. The first kappa shape index (κ1) is 13.1. The average Bonchev–Trinajstić information content (AvgIpc) is 2.66. The summed E-state index contributed by atoms with van der Waals surface area (Å²) in [6.45, 7) is 2.01. The number of aromatic nitrogens is 1. The normalized spacial score (nSPS) is 22.4. The maximum Gasteiger partial charge on any atom is 0.341 e. The SMILES string of the molecule is CCOC(=O)C1=C(c2ccncc2)N=NC1(N)I. The second-order valence-corrected chi connectivity index (χ2v) is 5.20. The summed E-state index contributed by atoms with van der Waals surface area (Å²) in [6.07, 6.45) is 3.23. The van der Waals surface area contributed by atoms with E-state index in [4.69, 9.17) is 10.5 Å². The topological polar surface area (TPSA) is 89.9 Å². The third-order valence-corrected chi connectivity index (χ3v) is 3.07. The molecule has 1 aliphatic heterocycles. The minimum absolute atomic E-state index is 0.260. The summed E-state index contributed by atoms with van der Waals surface area (Å²) in [6, 6.07) is 3.48. The van der Waals surface area contributed by atoms with E-state index in [9.17, 15) is 4.79 Å². The van der Waals surface area contributed by atoms with E-state index in [2.05, 4.69) is 15.2 Å². The van der Waals surface area contributed by atoms with Gasteiger partial charge in [-0.25, -0.2) is 4.79 Å². The lowest BCUT2D eigenvalue weighted by atomic mass is 10.1. The van der Waals surface area contributed by atoms with E-state index in [1.54, 1.807) is 31.5 Å². The van der Waals surface area contributed by atoms with Crippen molar-refractivity contribution in [2.75, 3.05) is 6.61 Å². The van der Waals surface area contributed by atoms with Gasteiger partial charge in [0, 0.05) is 18.0 Å². The Labute approximate surface area is 117 Å². The molecule has 6 nitrogen and oxygen atoms in total. The number of nitrogens with two attached hydrogens (primary N) is 1. The Balaban J connectivity index is 2.50. The van der Waals surface area contributed by atoms with Crippen molar-refractivity contribution >= 4 is 34.3 Å². The van der Waals surface area contributed by atoms with Crippen molar-refractivity contribution in [3.8, 4) is 0 Å². The Morgan fingerprint density at radius 3 is 2.78 bits per heavy atom. The number of azo groups is 1. The Hall–Kier alpha value is -1.35. The lowest BCUT2D eigenvalue weighted by molar-refractivity contribution is -0.138. The van der Waals surface area contributed by atoms with Crippen molar-refractivity contribution in [3.63, 3.8) is 0 Å². The average molecular weight is 358 g/mol. The van der Waals surface area contributed by atoms with Gasteiger partial charge in [0.25, 0.3) is 0 Å². The molecule has 0 spiro atoms. The van der Waals surface area contributed by atoms with Crippen LogP contribution < -0.4 is 5.73 Å². The fourth-order valence-electron chi connectivity index (χ4n) is 1.54. The minimum Gasteiger partial charge on any atom is -0.462 e. The van der Waals surface area contributed by atoms with Gasteiger partial charge in [0.15, 0.2) is 0 Å². The van der Waals surface area contributed by atoms with Crippen LogP contribution in [0.2, 0.25) is 0 Å². The first-order valence-electron chi connectivity index (χ1n) is 5.29. The number of ether oxygens (including phenoxy) is 1. The molecule has 94 valence electrons. The number of halogens is 1. The molecule has 0 radical (unpaired) electrons. The number of hydrogen-bond acceptors (Lipinski definition) is 6. The van der Waals surface area contributed by atoms with Gasteiger partial charge >= 0.3 is 5.97 Å². The van der Waals surface area contributed by atoms with Gasteiger partial charge < -0.3 is 4.74 Å². The maximum atomic E-state index is 11.9. The van der Waals surface area contributed by atoms with E-state index < -0.39 is 9.64 Å². The lowest BCUT2D eigenvalue weighted by Gasteiger charge is -2.14. The third-order valence-electron chi connectivity index (χ3n) is 2.32. The number of hydrogen-bond donors (Lipinski definition) is 1. The lowest BCUT2D eigenvalue weighted by Crippen LogP contribution is -2.35. The maximum absolute atomic E-state index is 11.9. The van der Waals surface area contributed by atoms with E-state index in [1.165, 1.54) is 0 Å². The molecule has 1 aliphatic rings. The molecule has 0 saturated heterocycles. The molecule has 0 saturated carbocycles. The van der Waals surface area contributed by atoms with E-state index in [0.717, 1.165) is 5.56 Å². The number of alkyl halides is 1. The summed E-state index contributed by atoms with van der Waals surface area (Å²) >= 11 is 1.87. The second kappa shape index (κ2) is 5.11. The molecule has 1 aromatic rings. The summed E-state index contributed by atoms with van der Waals surface area (Å²) in [7, 11) is 0. The fraction of sp³-hybridized carbons (Fsp3) is 0.273. The molecular formula is C11H11IN4O2. The van der Waals surface area contributed by atoms with Gasteiger partial charge in [-0.05, 0) is 41.6 Å². The highest BCUT2D eigenvalue weighted by Gasteiger charge is 2.40. The summed E-state index contributed by atoms with van der Waals surface area (Å²) in [4.78, 5) is 15.9. The predicted molar refractivity (Wildman–Crippen MR) is 73.6 cm³/mol. The fourth-order valence-corrected chi connectivity index (χ4v) is 2.13. The summed E-state index contributed by atoms with van der Waals surface area (Å²) < 4.78 is 3.82. The van der Waals surface area contributed by atoms with Crippen LogP contribution in [0.5, 0.6) is 0 Å². The van der Waals surface area contributed by atoms with E-state index in [-0.39, 0.29) is 12.2 Å². The molecule has 1 unspecified atom stereocenters. The summed E-state index contributed by atoms with van der Waals surface area (Å²) in [5, 5.41) is 7.89. The van der Waals surface area contributed by atoms with Crippen LogP contribution in [0.25, 0.3) is 5.70 Å². The van der Waals surface area contributed by atoms with Crippen LogP contribution in [0.15, 0.2) is 40.3 Å². The third kappa shape index (κ3) is 2.41. The first-order chi connectivity index (χ1) is 8.56. The van der Waals surface area contributed by atoms with Crippen LogP contribution in [-0.4, -0.2) is 21.2 Å². The number of esters is 1. The van der Waals surface area contributed by atoms with Crippen molar-refractivity contribution in [2.24, 2.45) is 16.0 Å². The Morgan fingerprint density at radius 2 is 2.17 bits per heavy atom. The van der Waals surface area contributed by atoms with Crippen LogP contribution in [0.4, 0.5) is 0 Å². The van der Waals surface area contributed by atoms with Gasteiger partial charge in [-0.15, -0.1) is 5.11 Å². The zero-order valence-electron chi connectivity index (χ0n) is 9.63. The molecule has 1 atom stereocenters. The van der Waals surface area contributed by atoms with E-state index in [1.807, 2.05) is 22.6 Å². The Morgan fingerprint density at radius 1 is 1.50 bits per heavy atom. The largest absolute Gasteiger partial charge is 0.462 e. The zero-order chi connectivity index (χ0) is 13.2. The highest BCUT2D eigenvalue weighted by atomic mass is 127. The molecule has 0 amide bonds. The van der Waals surface area contributed by atoms with Gasteiger partial charge in [0.1, 0.15) is 11.3 Å². The molecule has 0 fully saturated rings. The van der Waals surface area contributed by atoms with Crippen molar-refractivity contribution in [1.82, 2.24) is 4.98 Å². The second-order valence-electron chi connectivity index (χ2n) is 3.55. The van der Waals surface area contributed by atoms with Gasteiger partial charge in [-0.3, -0.25) is 10.7 Å². The van der Waals surface area contributed by atoms with Gasteiger partial charge in [0.2, 0.25) is 3.67 Å². The Kier molecular flexibility index (Phi) is 3.71. The van der Waals surface area contributed by atoms with Gasteiger partial charge in [0.05, 0.1) is 6.61 Å². The van der Waals surface area contributed by atoms with Crippen LogP contribution in [0.1, 0.15) is 12.5 Å². The molecule has 2 heterocycles. The van der Waals surface area contributed by atoms with Crippen molar-refractivity contribution < 1.29 is 9.53 Å². The van der Waals surface area contributed by atoms with E-state index >= 15 is 0 Å².